The molecule has 3 nitrogen and oxygen atoms in total. The smallest absolute Gasteiger partial charge is 0.156 e. The van der Waals surface area contributed by atoms with Crippen LogP contribution in [-0.4, -0.2) is 12.0 Å². The molecule has 0 saturated carbocycles. The number of halogens is 2. The Hall–Kier alpha value is -1.45. The first-order chi connectivity index (χ1) is 8.08. The zero-order valence-corrected chi connectivity index (χ0v) is 10.7. The van der Waals surface area contributed by atoms with Crippen LogP contribution in [0.25, 0.3) is 0 Å². The number of benzene rings is 1. The summed E-state index contributed by atoms with van der Waals surface area (Å²) in [7, 11) is 1.88. The second-order valence-corrected chi connectivity index (χ2v) is 4.47. The van der Waals surface area contributed by atoms with Crippen molar-refractivity contribution in [2.75, 3.05) is 17.7 Å². The molecular weight excluding hydrogens is 257 g/mol. The average Bonchev–Trinajstić information content (AvgIpc) is 2.29. The van der Waals surface area contributed by atoms with Crippen LogP contribution in [0.2, 0.25) is 10.0 Å². The first kappa shape index (κ1) is 12.0. The lowest BCUT2D eigenvalue weighted by molar-refractivity contribution is 1.13. The molecule has 1 aromatic carbocycles. The molecule has 5 heteroatoms. The van der Waals surface area contributed by atoms with Crippen molar-refractivity contribution in [2.24, 2.45) is 0 Å². The number of pyridine rings is 1. The fraction of sp³-hybridized carbons (Fsp3) is 0.0833. The molecule has 0 fully saturated rings. The lowest BCUT2D eigenvalue weighted by Crippen LogP contribution is -2.13. The van der Waals surface area contributed by atoms with Gasteiger partial charge in [0.05, 0.1) is 10.7 Å². The van der Waals surface area contributed by atoms with E-state index in [9.17, 15) is 0 Å². The largest absolute Gasteiger partial charge is 0.396 e. The van der Waals surface area contributed by atoms with Crippen molar-refractivity contribution in [3.63, 3.8) is 0 Å². The van der Waals surface area contributed by atoms with Gasteiger partial charge in [-0.3, -0.25) is 0 Å². The third-order valence-electron chi connectivity index (χ3n) is 2.39. The summed E-state index contributed by atoms with van der Waals surface area (Å²) in [6.45, 7) is 0. The fourth-order valence-electron chi connectivity index (χ4n) is 1.51. The minimum Gasteiger partial charge on any atom is -0.396 e. The highest BCUT2D eigenvalue weighted by Crippen LogP contribution is 2.28. The highest BCUT2D eigenvalue weighted by atomic mass is 35.5. The molecule has 0 unspecified atom stereocenters. The van der Waals surface area contributed by atoms with E-state index < -0.39 is 0 Å². The molecule has 0 radical (unpaired) electrons. The van der Waals surface area contributed by atoms with Gasteiger partial charge in [0.25, 0.3) is 0 Å². The Kier molecular flexibility index (Phi) is 3.41. The molecule has 0 aliphatic heterocycles. The van der Waals surface area contributed by atoms with Gasteiger partial charge in [-0.05, 0) is 30.3 Å². The Morgan fingerprint density at radius 1 is 1.12 bits per heavy atom. The maximum atomic E-state index is 5.87. The number of nitrogen functional groups attached to an aromatic ring is 1. The SMILES string of the molecule is CN(c1ccc(Cl)cc1)c1ncc(Cl)cc1N. The van der Waals surface area contributed by atoms with Crippen molar-refractivity contribution in [1.29, 1.82) is 0 Å². The molecule has 1 aromatic heterocycles. The van der Waals surface area contributed by atoms with Crippen molar-refractivity contribution in [3.8, 4) is 0 Å². The summed E-state index contributed by atoms with van der Waals surface area (Å²) in [4.78, 5) is 6.09. The van der Waals surface area contributed by atoms with Crippen molar-refractivity contribution in [1.82, 2.24) is 4.98 Å². The molecule has 0 aliphatic rings. The zero-order chi connectivity index (χ0) is 12.4. The Bertz CT molecular complexity index is 526. The molecule has 88 valence electrons. The van der Waals surface area contributed by atoms with E-state index in [1.165, 1.54) is 0 Å². The first-order valence-electron chi connectivity index (χ1n) is 4.98. The van der Waals surface area contributed by atoms with E-state index in [1.54, 1.807) is 12.3 Å². The number of nitrogens with zero attached hydrogens (tertiary/aromatic N) is 2. The van der Waals surface area contributed by atoms with Crippen LogP contribution in [0.1, 0.15) is 0 Å². The molecule has 0 atom stereocenters. The van der Waals surface area contributed by atoms with Crippen molar-refractivity contribution < 1.29 is 0 Å². The zero-order valence-electron chi connectivity index (χ0n) is 9.19. The molecule has 2 rings (SSSR count). The van der Waals surface area contributed by atoms with Crippen LogP contribution in [0.4, 0.5) is 17.2 Å². The van der Waals surface area contributed by atoms with Crippen LogP contribution in [0.5, 0.6) is 0 Å². The number of rotatable bonds is 2. The second kappa shape index (κ2) is 4.82. The van der Waals surface area contributed by atoms with Crippen LogP contribution in [-0.2, 0) is 0 Å². The normalized spacial score (nSPS) is 10.3. The number of aromatic nitrogens is 1. The van der Waals surface area contributed by atoms with Gasteiger partial charge in [-0.1, -0.05) is 23.2 Å². The maximum Gasteiger partial charge on any atom is 0.156 e. The van der Waals surface area contributed by atoms with E-state index in [1.807, 2.05) is 36.2 Å². The van der Waals surface area contributed by atoms with E-state index in [2.05, 4.69) is 4.98 Å². The van der Waals surface area contributed by atoms with E-state index >= 15 is 0 Å². The fourth-order valence-corrected chi connectivity index (χ4v) is 1.81. The summed E-state index contributed by atoms with van der Waals surface area (Å²) in [6.07, 6.45) is 1.57. The van der Waals surface area contributed by atoms with Gasteiger partial charge in [-0.2, -0.15) is 0 Å². The number of nitrogens with two attached hydrogens (primary N) is 1. The molecule has 0 saturated heterocycles. The summed E-state index contributed by atoms with van der Waals surface area (Å²) in [5, 5.41) is 1.22. The van der Waals surface area contributed by atoms with E-state index in [0.29, 0.717) is 21.6 Å². The van der Waals surface area contributed by atoms with Gasteiger partial charge in [0.1, 0.15) is 0 Å². The Morgan fingerprint density at radius 2 is 1.76 bits per heavy atom. The average molecular weight is 268 g/mol. The second-order valence-electron chi connectivity index (χ2n) is 3.60. The van der Waals surface area contributed by atoms with Gasteiger partial charge in [-0.25, -0.2) is 4.98 Å². The van der Waals surface area contributed by atoms with Gasteiger partial charge in [0, 0.05) is 24.0 Å². The molecule has 2 aromatic rings. The molecule has 0 aliphatic carbocycles. The Labute approximate surface area is 110 Å². The van der Waals surface area contributed by atoms with E-state index in [0.717, 1.165) is 5.69 Å². The number of hydrogen-bond acceptors (Lipinski definition) is 3. The molecule has 0 amide bonds. The summed E-state index contributed by atoms with van der Waals surface area (Å²) >= 11 is 11.6. The summed E-state index contributed by atoms with van der Waals surface area (Å²) < 4.78 is 0. The van der Waals surface area contributed by atoms with Crippen LogP contribution in [0.15, 0.2) is 36.5 Å². The predicted octanol–water partition coefficient (Wildman–Crippen LogP) is 3.74. The highest BCUT2D eigenvalue weighted by Gasteiger charge is 2.09. The summed E-state index contributed by atoms with van der Waals surface area (Å²) in [5.41, 5.74) is 7.37. The highest BCUT2D eigenvalue weighted by molar-refractivity contribution is 6.31. The summed E-state index contributed by atoms with van der Waals surface area (Å²) in [5.74, 6) is 0.664. The van der Waals surface area contributed by atoms with Gasteiger partial charge >= 0.3 is 0 Å². The number of anilines is 3. The lowest BCUT2D eigenvalue weighted by atomic mass is 10.3. The van der Waals surface area contributed by atoms with Crippen LogP contribution in [0, 0.1) is 0 Å². The van der Waals surface area contributed by atoms with E-state index in [4.69, 9.17) is 28.9 Å². The monoisotopic (exact) mass is 267 g/mol. The van der Waals surface area contributed by atoms with Gasteiger partial charge < -0.3 is 10.6 Å². The third-order valence-corrected chi connectivity index (χ3v) is 2.85. The molecule has 0 spiro atoms. The van der Waals surface area contributed by atoms with Crippen LogP contribution >= 0.6 is 23.2 Å². The Morgan fingerprint density at radius 3 is 2.35 bits per heavy atom. The molecule has 1 heterocycles. The maximum absolute atomic E-state index is 5.87. The quantitative estimate of drug-likeness (QED) is 0.902. The molecule has 0 bridgehead atoms. The minimum absolute atomic E-state index is 0.524. The van der Waals surface area contributed by atoms with Gasteiger partial charge in [0.2, 0.25) is 0 Å². The molecule has 2 N–H and O–H groups in total. The van der Waals surface area contributed by atoms with Crippen molar-refractivity contribution in [3.05, 3.63) is 46.6 Å². The van der Waals surface area contributed by atoms with Gasteiger partial charge in [-0.15, -0.1) is 0 Å². The van der Waals surface area contributed by atoms with Crippen molar-refractivity contribution in [2.45, 2.75) is 0 Å². The first-order valence-corrected chi connectivity index (χ1v) is 5.74. The van der Waals surface area contributed by atoms with Crippen LogP contribution < -0.4 is 10.6 Å². The standard InChI is InChI=1S/C12H11Cl2N3/c1-17(10-4-2-8(13)3-5-10)12-11(15)6-9(14)7-16-12/h2-7H,15H2,1H3. The van der Waals surface area contributed by atoms with Crippen LogP contribution in [0.3, 0.4) is 0 Å². The third kappa shape index (κ3) is 2.62. The van der Waals surface area contributed by atoms with E-state index in [-0.39, 0.29) is 0 Å². The summed E-state index contributed by atoms with van der Waals surface area (Å²) in [6, 6.07) is 9.12. The lowest BCUT2D eigenvalue weighted by Gasteiger charge is -2.19. The Balaban J connectivity index is 2.36. The number of hydrogen-bond donors (Lipinski definition) is 1. The minimum atomic E-state index is 0.524. The predicted molar refractivity (Wildman–Crippen MR) is 73.2 cm³/mol. The van der Waals surface area contributed by atoms with Gasteiger partial charge in [0.15, 0.2) is 5.82 Å². The topological polar surface area (TPSA) is 42.2 Å². The molecule has 17 heavy (non-hydrogen) atoms. The molecular formula is C12H11Cl2N3. The van der Waals surface area contributed by atoms with Crippen molar-refractivity contribution >= 4 is 40.4 Å².